The normalized spacial score (nSPS) is 24.2. The molecule has 0 radical (unpaired) electrons. The molecule has 0 amide bonds. The Kier molecular flexibility index (Phi) is 2.99. The Morgan fingerprint density at radius 1 is 0.810 bits per heavy atom. The summed E-state index contributed by atoms with van der Waals surface area (Å²) >= 11 is 13.8. The van der Waals surface area contributed by atoms with Crippen LogP contribution in [-0.4, -0.2) is 5.38 Å². The second-order valence-electron chi connectivity index (χ2n) is 5.57. The molecule has 0 heterocycles. The number of fused-ring (bicyclic) bond motifs is 2. The van der Waals surface area contributed by atoms with Crippen molar-refractivity contribution >= 4 is 34.0 Å². The molecule has 0 saturated carbocycles. The standard InChI is InChI=1S/C19H14Cl2/c20-18-12-14-7-2-4-10-16(14)19(18,21)17-11-5-8-13-6-1-3-9-15(13)17/h1-11,18H,12H2/t18-,19-/m0/s1. The Bertz CT molecular complexity index is 819. The van der Waals surface area contributed by atoms with Crippen molar-refractivity contribution in [1.82, 2.24) is 0 Å². The van der Waals surface area contributed by atoms with E-state index in [0.717, 1.165) is 17.5 Å². The van der Waals surface area contributed by atoms with Crippen molar-refractivity contribution in [3.63, 3.8) is 0 Å². The molecular weight excluding hydrogens is 299 g/mol. The van der Waals surface area contributed by atoms with Crippen LogP contribution < -0.4 is 0 Å². The lowest BCUT2D eigenvalue weighted by molar-refractivity contribution is 0.727. The summed E-state index contributed by atoms with van der Waals surface area (Å²) in [5.41, 5.74) is 3.50. The summed E-state index contributed by atoms with van der Waals surface area (Å²) in [6.07, 6.45) is 0.810. The molecule has 4 rings (SSSR count). The number of halogens is 2. The van der Waals surface area contributed by atoms with Crippen LogP contribution in [0.25, 0.3) is 10.8 Å². The summed E-state index contributed by atoms with van der Waals surface area (Å²) in [5, 5.41) is 2.24. The van der Waals surface area contributed by atoms with E-state index < -0.39 is 4.87 Å². The maximum Gasteiger partial charge on any atom is 0.112 e. The largest absolute Gasteiger partial charge is 0.120 e. The van der Waals surface area contributed by atoms with Crippen LogP contribution in [0.15, 0.2) is 66.7 Å². The summed E-state index contributed by atoms with van der Waals surface area (Å²) in [6, 6.07) is 22.9. The van der Waals surface area contributed by atoms with Gasteiger partial charge in [0.1, 0.15) is 4.87 Å². The predicted molar refractivity (Wildman–Crippen MR) is 90.4 cm³/mol. The molecule has 0 fully saturated rings. The minimum absolute atomic E-state index is 0.137. The molecule has 1 aliphatic rings. The molecule has 0 spiro atoms. The van der Waals surface area contributed by atoms with Gasteiger partial charge in [0, 0.05) is 0 Å². The van der Waals surface area contributed by atoms with Gasteiger partial charge in [0.05, 0.1) is 5.38 Å². The van der Waals surface area contributed by atoms with E-state index in [0.29, 0.717) is 0 Å². The molecule has 21 heavy (non-hydrogen) atoms. The number of hydrogen-bond acceptors (Lipinski definition) is 0. The first kappa shape index (κ1) is 13.2. The van der Waals surface area contributed by atoms with E-state index in [-0.39, 0.29) is 5.38 Å². The zero-order chi connectivity index (χ0) is 14.4. The van der Waals surface area contributed by atoms with Gasteiger partial charge in [-0.2, -0.15) is 0 Å². The molecule has 0 bridgehead atoms. The zero-order valence-electron chi connectivity index (χ0n) is 11.4. The Labute approximate surface area is 134 Å². The Morgan fingerprint density at radius 3 is 2.38 bits per heavy atom. The average molecular weight is 313 g/mol. The molecule has 1 aliphatic carbocycles. The molecule has 0 aliphatic heterocycles. The molecule has 2 atom stereocenters. The average Bonchev–Trinajstić information content (AvgIpc) is 2.79. The first-order valence-corrected chi connectivity index (χ1v) is 7.92. The van der Waals surface area contributed by atoms with Gasteiger partial charge in [-0.1, -0.05) is 66.7 Å². The quantitative estimate of drug-likeness (QED) is 0.521. The van der Waals surface area contributed by atoms with Crippen LogP contribution in [0, 0.1) is 0 Å². The summed E-state index contributed by atoms with van der Waals surface area (Å²) in [4.78, 5) is -0.654. The second-order valence-corrected chi connectivity index (χ2v) is 6.69. The van der Waals surface area contributed by atoms with E-state index in [1.165, 1.54) is 16.3 Å². The van der Waals surface area contributed by atoms with Crippen molar-refractivity contribution in [3.05, 3.63) is 83.4 Å². The first-order chi connectivity index (χ1) is 10.2. The molecular formula is C19H14Cl2. The fourth-order valence-corrected chi connectivity index (χ4v) is 4.24. The Hall–Kier alpha value is -1.50. The van der Waals surface area contributed by atoms with E-state index in [9.17, 15) is 0 Å². The highest BCUT2D eigenvalue weighted by atomic mass is 35.5. The van der Waals surface area contributed by atoms with Crippen LogP contribution >= 0.6 is 23.2 Å². The fourth-order valence-electron chi connectivity index (χ4n) is 3.41. The van der Waals surface area contributed by atoms with Gasteiger partial charge in [0.15, 0.2) is 0 Å². The number of benzene rings is 3. The Balaban J connectivity index is 2.04. The van der Waals surface area contributed by atoms with Crippen LogP contribution in [0.4, 0.5) is 0 Å². The fraction of sp³-hybridized carbons (Fsp3) is 0.158. The summed E-state index contributed by atoms with van der Waals surface area (Å²) in [5.74, 6) is 0. The van der Waals surface area contributed by atoms with Crippen LogP contribution in [0.3, 0.4) is 0 Å². The van der Waals surface area contributed by atoms with Gasteiger partial charge in [-0.3, -0.25) is 0 Å². The number of alkyl halides is 2. The van der Waals surface area contributed by atoms with Gasteiger partial charge in [-0.05, 0) is 33.9 Å². The first-order valence-electron chi connectivity index (χ1n) is 7.11. The van der Waals surface area contributed by atoms with Gasteiger partial charge in [0.2, 0.25) is 0 Å². The third-order valence-corrected chi connectivity index (χ3v) is 5.69. The van der Waals surface area contributed by atoms with Crippen molar-refractivity contribution in [1.29, 1.82) is 0 Å². The van der Waals surface area contributed by atoms with E-state index in [1.807, 2.05) is 18.2 Å². The smallest absolute Gasteiger partial charge is 0.112 e. The third-order valence-electron chi connectivity index (χ3n) is 4.42. The monoisotopic (exact) mass is 312 g/mol. The molecule has 2 heteroatoms. The summed E-state index contributed by atoms with van der Waals surface area (Å²) < 4.78 is 0. The van der Waals surface area contributed by atoms with Crippen LogP contribution in [-0.2, 0) is 11.3 Å². The third kappa shape index (κ3) is 1.83. The van der Waals surface area contributed by atoms with Crippen LogP contribution in [0.2, 0.25) is 0 Å². The molecule has 0 unspecified atom stereocenters. The lowest BCUT2D eigenvalue weighted by atomic mass is 9.88. The highest BCUT2D eigenvalue weighted by molar-refractivity contribution is 6.35. The van der Waals surface area contributed by atoms with Crippen molar-refractivity contribution in [2.75, 3.05) is 0 Å². The maximum atomic E-state index is 7.12. The van der Waals surface area contributed by atoms with Crippen molar-refractivity contribution in [3.8, 4) is 0 Å². The van der Waals surface area contributed by atoms with Gasteiger partial charge < -0.3 is 0 Å². The molecule has 0 saturated heterocycles. The van der Waals surface area contributed by atoms with E-state index in [2.05, 4.69) is 48.5 Å². The minimum atomic E-state index is -0.654. The second kappa shape index (κ2) is 4.76. The van der Waals surface area contributed by atoms with Crippen molar-refractivity contribution in [2.45, 2.75) is 16.7 Å². The number of hydrogen-bond donors (Lipinski definition) is 0. The van der Waals surface area contributed by atoms with Crippen molar-refractivity contribution < 1.29 is 0 Å². The lowest BCUT2D eigenvalue weighted by Gasteiger charge is -2.28. The van der Waals surface area contributed by atoms with E-state index in [1.54, 1.807) is 0 Å². The molecule has 0 N–H and O–H groups in total. The van der Waals surface area contributed by atoms with Gasteiger partial charge in [-0.15, -0.1) is 23.2 Å². The maximum absolute atomic E-state index is 7.12. The Morgan fingerprint density at radius 2 is 1.48 bits per heavy atom. The minimum Gasteiger partial charge on any atom is -0.120 e. The van der Waals surface area contributed by atoms with Gasteiger partial charge in [0.25, 0.3) is 0 Å². The van der Waals surface area contributed by atoms with E-state index in [4.69, 9.17) is 23.2 Å². The van der Waals surface area contributed by atoms with Gasteiger partial charge in [-0.25, -0.2) is 0 Å². The predicted octanol–water partition coefficient (Wildman–Crippen LogP) is 5.49. The number of rotatable bonds is 1. The molecule has 0 nitrogen and oxygen atoms in total. The lowest BCUT2D eigenvalue weighted by Crippen LogP contribution is -2.27. The summed E-state index contributed by atoms with van der Waals surface area (Å²) in [6.45, 7) is 0. The molecule has 3 aromatic rings. The van der Waals surface area contributed by atoms with E-state index >= 15 is 0 Å². The SMILES string of the molecule is Cl[C@H]1Cc2ccccc2[C@]1(Cl)c1cccc2ccccc12. The van der Waals surface area contributed by atoms with Crippen molar-refractivity contribution in [2.24, 2.45) is 0 Å². The molecule has 3 aromatic carbocycles. The highest BCUT2D eigenvalue weighted by Gasteiger charge is 2.46. The highest BCUT2D eigenvalue weighted by Crippen LogP contribution is 2.51. The zero-order valence-corrected chi connectivity index (χ0v) is 12.9. The molecule has 104 valence electrons. The van der Waals surface area contributed by atoms with Crippen LogP contribution in [0.5, 0.6) is 0 Å². The van der Waals surface area contributed by atoms with Gasteiger partial charge >= 0.3 is 0 Å². The topological polar surface area (TPSA) is 0 Å². The summed E-state index contributed by atoms with van der Waals surface area (Å²) in [7, 11) is 0. The molecule has 0 aromatic heterocycles. The van der Waals surface area contributed by atoms with Crippen LogP contribution in [0.1, 0.15) is 16.7 Å².